The molecule has 0 bridgehead atoms. The molecule has 0 fully saturated rings. The molecule has 0 unspecified atom stereocenters. The van der Waals surface area contributed by atoms with E-state index in [9.17, 15) is 0 Å². The third kappa shape index (κ3) is 1.34. The van der Waals surface area contributed by atoms with Crippen LogP contribution in [0.15, 0.2) is 24.8 Å². The van der Waals surface area contributed by atoms with E-state index in [1.54, 1.807) is 24.8 Å². The van der Waals surface area contributed by atoms with Gasteiger partial charge in [-0.2, -0.15) is 9.89 Å². The van der Waals surface area contributed by atoms with Crippen LogP contribution in [0.4, 0.5) is 5.82 Å². The van der Waals surface area contributed by atoms with Crippen molar-refractivity contribution in [1.82, 2.24) is 24.3 Å². The van der Waals surface area contributed by atoms with Crippen molar-refractivity contribution < 1.29 is 0 Å². The molecular formula is C9H10BN7. The quantitative estimate of drug-likeness (QED) is 0.375. The zero-order chi connectivity index (χ0) is 12.0. The normalized spacial score (nSPS) is 11.1. The molecule has 0 amide bonds. The van der Waals surface area contributed by atoms with Crippen LogP contribution in [0.25, 0.3) is 16.9 Å². The minimum Gasteiger partial charge on any atom is -0.381 e. The highest BCUT2D eigenvalue weighted by molar-refractivity contribution is 6.31. The molecule has 0 spiro atoms. The Kier molecular flexibility index (Phi) is 1.85. The van der Waals surface area contributed by atoms with Gasteiger partial charge < -0.3 is 16.0 Å². The maximum atomic E-state index is 5.78. The predicted molar refractivity (Wildman–Crippen MR) is 66.9 cm³/mol. The Labute approximate surface area is 97.5 Å². The molecule has 0 aliphatic heterocycles. The van der Waals surface area contributed by atoms with Crippen LogP contribution in [0.2, 0.25) is 0 Å². The van der Waals surface area contributed by atoms with Crippen molar-refractivity contribution in [2.45, 2.75) is 0 Å². The first kappa shape index (κ1) is 9.70. The number of rotatable bonds is 1. The van der Waals surface area contributed by atoms with Gasteiger partial charge in [0.25, 0.3) is 0 Å². The van der Waals surface area contributed by atoms with Gasteiger partial charge in [0.2, 0.25) is 0 Å². The van der Waals surface area contributed by atoms with Gasteiger partial charge in [-0.15, -0.1) is 0 Å². The van der Waals surface area contributed by atoms with E-state index < -0.39 is 0 Å². The van der Waals surface area contributed by atoms with E-state index in [-0.39, 0.29) is 0 Å². The first-order valence-corrected chi connectivity index (χ1v) is 5.05. The molecular weight excluding hydrogens is 217 g/mol. The summed E-state index contributed by atoms with van der Waals surface area (Å²) in [5.41, 5.74) is 9.15. The smallest absolute Gasteiger partial charge is 0.179 e. The Hall–Kier alpha value is -2.51. The lowest BCUT2D eigenvalue weighted by molar-refractivity contribution is 0.832. The van der Waals surface area contributed by atoms with Gasteiger partial charge in [0.15, 0.2) is 19.3 Å². The molecule has 0 saturated heterocycles. The highest BCUT2D eigenvalue weighted by atomic mass is 15.5. The molecule has 3 heterocycles. The Balaban J connectivity index is 2.35. The largest absolute Gasteiger partial charge is 0.381 e. The zero-order valence-corrected chi connectivity index (χ0v) is 9.20. The standard InChI is InChI=1S/C9H10BN7/c10-7-3-13-8(11)9-14-2-6(17(7)9)5-1-15-16(12)4-5/h1-4H,10,12H2,(H2,11,13). The van der Waals surface area contributed by atoms with Crippen molar-refractivity contribution in [2.75, 3.05) is 11.6 Å². The number of hydrogen-bond donors (Lipinski definition) is 2. The van der Waals surface area contributed by atoms with Crippen LogP contribution >= 0.6 is 0 Å². The first-order valence-electron chi connectivity index (χ1n) is 5.05. The molecule has 0 atom stereocenters. The molecule has 7 nitrogen and oxygen atoms in total. The second kappa shape index (κ2) is 3.24. The molecule has 0 radical (unpaired) electrons. The summed E-state index contributed by atoms with van der Waals surface area (Å²) in [4.78, 5) is 9.59. The summed E-state index contributed by atoms with van der Waals surface area (Å²) in [6.45, 7) is 0. The van der Waals surface area contributed by atoms with Crippen molar-refractivity contribution in [1.29, 1.82) is 0 Å². The summed E-state index contributed by atoms with van der Waals surface area (Å²) < 4.78 is 1.93. The lowest BCUT2D eigenvalue weighted by Crippen LogP contribution is -2.17. The number of imidazole rings is 1. The molecule has 0 aromatic carbocycles. The molecule has 8 heteroatoms. The second-order valence-electron chi connectivity index (χ2n) is 3.80. The lowest BCUT2D eigenvalue weighted by atomic mass is 10.1. The fourth-order valence-corrected chi connectivity index (χ4v) is 1.84. The van der Waals surface area contributed by atoms with Crippen molar-refractivity contribution in [3.8, 4) is 11.3 Å². The second-order valence-corrected chi connectivity index (χ2v) is 3.80. The van der Waals surface area contributed by atoms with Crippen LogP contribution < -0.4 is 17.2 Å². The van der Waals surface area contributed by atoms with E-state index in [0.29, 0.717) is 11.5 Å². The van der Waals surface area contributed by atoms with Crippen molar-refractivity contribution in [3.63, 3.8) is 0 Å². The highest BCUT2D eigenvalue weighted by Crippen LogP contribution is 2.20. The van der Waals surface area contributed by atoms with Crippen LogP contribution in [-0.4, -0.2) is 32.1 Å². The molecule has 17 heavy (non-hydrogen) atoms. The fourth-order valence-electron chi connectivity index (χ4n) is 1.84. The maximum absolute atomic E-state index is 5.78. The maximum Gasteiger partial charge on any atom is 0.179 e. The van der Waals surface area contributed by atoms with Gasteiger partial charge in [-0.1, -0.05) is 0 Å². The Morgan fingerprint density at radius 3 is 2.71 bits per heavy atom. The van der Waals surface area contributed by atoms with E-state index in [2.05, 4.69) is 15.1 Å². The van der Waals surface area contributed by atoms with Crippen LogP contribution in [0, 0.1) is 0 Å². The minimum atomic E-state index is 0.405. The fraction of sp³-hybridized carbons (Fsp3) is 0. The van der Waals surface area contributed by atoms with E-state index in [4.69, 9.17) is 11.6 Å². The monoisotopic (exact) mass is 227 g/mol. The van der Waals surface area contributed by atoms with Crippen molar-refractivity contribution in [3.05, 3.63) is 24.8 Å². The number of anilines is 1. The molecule has 3 rings (SSSR count). The van der Waals surface area contributed by atoms with Crippen LogP contribution in [0.3, 0.4) is 0 Å². The van der Waals surface area contributed by atoms with Gasteiger partial charge in [0.05, 0.1) is 24.3 Å². The summed E-state index contributed by atoms with van der Waals surface area (Å²) in [5, 5.41) is 3.94. The molecule has 4 N–H and O–H groups in total. The third-order valence-corrected chi connectivity index (χ3v) is 2.63. The summed E-state index contributed by atoms with van der Waals surface area (Å²) in [6.07, 6.45) is 6.84. The first-order chi connectivity index (χ1) is 8.16. The van der Waals surface area contributed by atoms with E-state index >= 15 is 0 Å². The number of hydrogen-bond acceptors (Lipinski definition) is 5. The Morgan fingerprint density at radius 1 is 1.18 bits per heavy atom. The van der Waals surface area contributed by atoms with Gasteiger partial charge in [-0.3, -0.25) is 0 Å². The highest BCUT2D eigenvalue weighted by Gasteiger charge is 2.11. The molecule has 3 aromatic heterocycles. The molecule has 0 aliphatic carbocycles. The average molecular weight is 227 g/mol. The average Bonchev–Trinajstić information content (AvgIpc) is 2.89. The van der Waals surface area contributed by atoms with Gasteiger partial charge in [0.1, 0.15) is 0 Å². The van der Waals surface area contributed by atoms with Gasteiger partial charge >= 0.3 is 0 Å². The molecule has 3 aromatic rings. The van der Waals surface area contributed by atoms with Gasteiger partial charge in [0, 0.05) is 11.8 Å². The summed E-state index contributed by atoms with van der Waals surface area (Å²) in [7, 11) is 1.94. The van der Waals surface area contributed by atoms with Gasteiger partial charge in [-0.05, 0) is 5.59 Å². The molecule has 0 aliphatic rings. The van der Waals surface area contributed by atoms with Crippen LogP contribution in [0.5, 0.6) is 0 Å². The Morgan fingerprint density at radius 2 is 2.00 bits per heavy atom. The summed E-state index contributed by atoms with van der Waals surface area (Å²) in [6, 6.07) is 0. The van der Waals surface area contributed by atoms with Crippen LogP contribution in [0.1, 0.15) is 0 Å². The minimum absolute atomic E-state index is 0.405. The van der Waals surface area contributed by atoms with Crippen LogP contribution in [-0.2, 0) is 0 Å². The number of aromatic nitrogens is 5. The Bertz CT molecular complexity index is 699. The number of nitrogen functional groups attached to an aromatic ring is 2. The number of nitrogens with two attached hydrogens (primary N) is 2. The molecule has 0 saturated carbocycles. The van der Waals surface area contributed by atoms with Crippen molar-refractivity contribution >= 4 is 24.9 Å². The predicted octanol–water partition coefficient (Wildman–Crippen LogP) is -1.85. The zero-order valence-electron chi connectivity index (χ0n) is 9.20. The summed E-state index contributed by atoms with van der Waals surface area (Å²) in [5.74, 6) is 5.94. The van der Waals surface area contributed by atoms with E-state index in [0.717, 1.165) is 16.9 Å². The molecule has 84 valence electrons. The SMILES string of the molecule is Bc1cnc(N)c2ncc(-c3cnn(N)c3)n12. The third-order valence-electron chi connectivity index (χ3n) is 2.63. The van der Waals surface area contributed by atoms with Gasteiger partial charge in [-0.25, -0.2) is 9.97 Å². The van der Waals surface area contributed by atoms with E-state index in [1.807, 2.05) is 12.2 Å². The number of nitrogens with zero attached hydrogens (tertiary/aromatic N) is 5. The van der Waals surface area contributed by atoms with Crippen molar-refractivity contribution in [2.24, 2.45) is 0 Å². The topological polar surface area (TPSA) is 100 Å². The lowest BCUT2D eigenvalue weighted by Gasteiger charge is -2.04. The van der Waals surface area contributed by atoms with E-state index in [1.165, 1.54) is 4.79 Å². The number of fused-ring (bicyclic) bond motifs is 1. The summed E-state index contributed by atoms with van der Waals surface area (Å²) >= 11 is 0.